The number of piperidine rings is 2. The van der Waals surface area contributed by atoms with Crippen molar-refractivity contribution in [2.45, 2.75) is 37.8 Å². The van der Waals surface area contributed by atoms with Crippen LogP contribution in [-0.2, 0) is 21.0 Å². The molecule has 0 radical (unpaired) electrons. The summed E-state index contributed by atoms with van der Waals surface area (Å²) in [6.07, 6.45) is 5.37. The first-order valence-corrected chi connectivity index (χ1v) is 21.4. The summed E-state index contributed by atoms with van der Waals surface area (Å²) in [5.41, 5.74) is 4.64. The smallest absolute Gasteiger partial charge is 0.262 e. The molecule has 18 heteroatoms. The van der Waals surface area contributed by atoms with E-state index in [1.807, 2.05) is 42.5 Å². The van der Waals surface area contributed by atoms with Crippen LogP contribution in [0.1, 0.15) is 46.4 Å². The molecule has 4 aliphatic heterocycles. The molecule has 0 spiro atoms. The number of rotatable bonds is 11. The standard InChI is InChI=1S/C41H45ClN10O6S/c1-48(59(3)57)33-7-5-4-6-31(33)44-37-30(42)24-43-41(47-37)45-32-11-9-27(23-35(32)58-2)49-16-14-25(15-17-49)50-18-20-51(21-19-50)26-8-10-28-29(22-26)40(56)52(39(28)55)34-12-13-36(53)46-38(34)54/h4-11,22-25,34H,12-21H2,1-3H3,(H,46,53,54)(H2,43,44,45,47). The number of carbonyl (C=O) groups is 4. The number of methoxy groups -OCH3 is 1. The van der Waals surface area contributed by atoms with E-state index < -0.39 is 41.0 Å². The van der Waals surface area contributed by atoms with Gasteiger partial charge in [-0.15, -0.1) is 0 Å². The Morgan fingerprint density at radius 2 is 1.56 bits per heavy atom. The maximum Gasteiger partial charge on any atom is 0.262 e. The van der Waals surface area contributed by atoms with Crippen LogP contribution in [0.5, 0.6) is 5.75 Å². The van der Waals surface area contributed by atoms with Crippen molar-refractivity contribution in [3.8, 4) is 5.75 Å². The van der Waals surface area contributed by atoms with Gasteiger partial charge in [-0.1, -0.05) is 23.7 Å². The second kappa shape index (κ2) is 16.9. The lowest BCUT2D eigenvalue weighted by molar-refractivity contribution is -0.136. The zero-order chi connectivity index (χ0) is 41.4. The first-order chi connectivity index (χ1) is 28.5. The largest absolute Gasteiger partial charge is 0.593 e. The Morgan fingerprint density at radius 3 is 2.29 bits per heavy atom. The summed E-state index contributed by atoms with van der Waals surface area (Å²) in [6, 6.07) is 18.3. The molecule has 2 atom stereocenters. The van der Waals surface area contributed by atoms with E-state index in [0.717, 1.165) is 74.1 Å². The van der Waals surface area contributed by atoms with Crippen LogP contribution >= 0.6 is 11.6 Å². The zero-order valence-electron chi connectivity index (χ0n) is 32.9. The molecule has 59 heavy (non-hydrogen) atoms. The number of anilines is 7. The summed E-state index contributed by atoms with van der Waals surface area (Å²) >= 11 is 5.27. The number of fused-ring (bicyclic) bond motifs is 1. The first kappa shape index (κ1) is 40.2. The number of para-hydroxylation sites is 2. The highest BCUT2D eigenvalue weighted by atomic mass is 35.5. The maximum atomic E-state index is 13.4. The molecular formula is C41H45ClN10O6S. The second-order valence-corrected chi connectivity index (χ2v) is 16.7. The van der Waals surface area contributed by atoms with Crippen molar-refractivity contribution >= 4 is 86.8 Å². The van der Waals surface area contributed by atoms with Gasteiger partial charge in [-0.2, -0.15) is 9.29 Å². The molecule has 0 saturated carbocycles. The van der Waals surface area contributed by atoms with Crippen LogP contribution in [0.4, 0.5) is 40.2 Å². The minimum absolute atomic E-state index is 0.0855. The van der Waals surface area contributed by atoms with Gasteiger partial charge >= 0.3 is 0 Å². The lowest BCUT2D eigenvalue weighted by Gasteiger charge is -2.44. The van der Waals surface area contributed by atoms with E-state index in [1.54, 1.807) is 36.9 Å². The van der Waals surface area contributed by atoms with Gasteiger partial charge in [0.2, 0.25) is 17.8 Å². The van der Waals surface area contributed by atoms with Gasteiger partial charge in [-0.05, 0) is 61.7 Å². The lowest BCUT2D eigenvalue weighted by Crippen LogP contribution is -2.54. The quantitative estimate of drug-likeness (QED) is 0.142. The third-order valence-electron chi connectivity index (χ3n) is 11.5. The summed E-state index contributed by atoms with van der Waals surface area (Å²) in [4.78, 5) is 67.8. The Labute approximate surface area is 350 Å². The van der Waals surface area contributed by atoms with Crippen molar-refractivity contribution in [2.75, 3.05) is 84.4 Å². The predicted molar refractivity (Wildman–Crippen MR) is 228 cm³/mol. The number of benzene rings is 3. The monoisotopic (exact) mass is 840 g/mol. The second-order valence-electron chi connectivity index (χ2n) is 14.9. The molecule has 3 fully saturated rings. The zero-order valence-corrected chi connectivity index (χ0v) is 34.5. The Bertz CT molecular complexity index is 2280. The van der Waals surface area contributed by atoms with Crippen molar-refractivity contribution < 1.29 is 28.5 Å². The molecule has 3 aromatic carbocycles. The van der Waals surface area contributed by atoms with E-state index >= 15 is 0 Å². The highest BCUT2D eigenvalue weighted by Crippen LogP contribution is 2.36. The first-order valence-electron chi connectivity index (χ1n) is 19.5. The molecule has 3 saturated heterocycles. The van der Waals surface area contributed by atoms with E-state index in [9.17, 15) is 23.7 Å². The Balaban J connectivity index is 0.854. The Kier molecular flexibility index (Phi) is 11.5. The SMILES string of the molecule is COc1cc(N2CCC(N3CCN(c4ccc5c(c4)C(=O)N(C4CCC(=O)NC4=O)C5=O)CC3)CC2)ccc1Nc1ncc(Cl)c(Nc2ccccc2N(C)[S+](C)[O-])n1. The Hall–Kier alpha value is -5.62. The minimum Gasteiger partial charge on any atom is -0.593 e. The molecule has 8 rings (SSSR count). The van der Waals surface area contributed by atoms with Crippen LogP contribution in [-0.4, -0.2) is 120 Å². The number of amides is 4. The molecule has 3 N–H and O–H groups in total. The van der Waals surface area contributed by atoms with Crippen LogP contribution in [0.15, 0.2) is 66.9 Å². The Morgan fingerprint density at radius 1 is 0.864 bits per heavy atom. The number of hydrogen-bond acceptors (Lipinski definition) is 14. The van der Waals surface area contributed by atoms with Crippen LogP contribution in [0, 0.1) is 0 Å². The molecular weight excluding hydrogens is 796 g/mol. The van der Waals surface area contributed by atoms with Gasteiger partial charge in [0.25, 0.3) is 11.8 Å². The van der Waals surface area contributed by atoms with Gasteiger partial charge in [0.1, 0.15) is 28.8 Å². The van der Waals surface area contributed by atoms with E-state index in [0.29, 0.717) is 45.5 Å². The topological polar surface area (TPSA) is 179 Å². The third kappa shape index (κ3) is 8.19. The summed E-state index contributed by atoms with van der Waals surface area (Å²) < 4.78 is 19.6. The third-order valence-corrected chi connectivity index (χ3v) is 12.8. The number of hydrogen-bond donors (Lipinski definition) is 3. The fourth-order valence-corrected chi connectivity index (χ4v) is 8.80. The highest BCUT2D eigenvalue weighted by molar-refractivity contribution is 7.92. The highest BCUT2D eigenvalue weighted by Gasteiger charge is 2.45. The average molecular weight is 841 g/mol. The molecule has 0 aliphatic carbocycles. The molecule has 5 heterocycles. The van der Waals surface area contributed by atoms with E-state index in [1.165, 1.54) is 6.20 Å². The summed E-state index contributed by atoms with van der Waals surface area (Å²) in [5.74, 6) is -0.636. The number of carbonyl (C=O) groups excluding carboxylic acids is 4. The van der Waals surface area contributed by atoms with Crippen LogP contribution in [0.2, 0.25) is 5.02 Å². The molecule has 2 unspecified atom stereocenters. The van der Waals surface area contributed by atoms with E-state index in [4.69, 9.17) is 16.3 Å². The number of nitrogens with zero attached hydrogens (tertiary/aromatic N) is 7. The van der Waals surface area contributed by atoms with Crippen LogP contribution in [0.25, 0.3) is 0 Å². The average Bonchev–Trinajstić information content (AvgIpc) is 3.49. The van der Waals surface area contributed by atoms with Gasteiger partial charge in [-0.3, -0.25) is 34.3 Å². The van der Waals surface area contributed by atoms with Gasteiger partial charge < -0.3 is 29.7 Å². The molecule has 1 aromatic heterocycles. The fraction of sp³-hybridized carbons (Fsp3) is 0.366. The molecule has 16 nitrogen and oxygen atoms in total. The lowest BCUT2D eigenvalue weighted by atomic mass is 10.0. The summed E-state index contributed by atoms with van der Waals surface area (Å²) in [7, 11) is 3.39. The van der Waals surface area contributed by atoms with E-state index in [-0.39, 0.29) is 18.4 Å². The van der Waals surface area contributed by atoms with Gasteiger partial charge in [-0.25, -0.2) is 4.98 Å². The van der Waals surface area contributed by atoms with E-state index in [2.05, 4.69) is 46.7 Å². The fourth-order valence-electron chi connectivity index (χ4n) is 8.23. The van der Waals surface area contributed by atoms with Gasteiger partial charge in [0.15, 0.2) is 5.82 Å². The van der Waals surface area contributed by atoms with Crippen molar-refractivity contribution in [2.24, 2.45) is 0 Å². The molecule has 0 bridgehead atoms. The molecule has 4 aromatic rings. The number of halogens is 1. The minimum atomic E-state index is -1.22. The van der Waals surface area contributed by atoms with Crippen molar-refractivity contribution in [1.82, 2.24) is 25.1 Å². The van der Waals surface area contributed by atoms with Crippen molar-refractivity contribution in [3.63, 3.8) is 0 Å². The molecule has 4 aliphatic rings. The normalized spacial score (nSPS) is 19.4. The van der Waals surface area contributed by atoms with Gasteiger partial charge in [0, 0.05) is 69.2 Å². The number of imide groups is 2. The van der Waals surface area contributed by atoms with Crippen molar-refractivity contribution in [3.05, 3.63) is 83.0 Å². The summed E-state index contributed by atoms with van der Waals surface area (Å²) in [5, 5.41) is 9.10. The van der Waals surface area contributed by atoms with Gasteiger partial charge in [0.05, 0.1) is 54.2 Å². The number of ether oxygens (including phenoxy) is 1. The summed E-state index contributed by atoms with van der Waals surface area (Å²) in [6.45, 7) is 5.09. The number of piperazine rings is 1. The van der Waals surface area contributed by atoms with Crippen molar-refractivity contribution in [1.29, 1.82) is 0 Å². The van der Waals surface area contributed by atoms with Crippen LogP contribution < -0.4 is 34.8 Å². The predicted octanol–water partition coefficient (Wildman–Crippen LogP) is 4.55. The molecule has 4 amide bonds. The molecule has 308 valence electrons. The van der Waals surface area contributed by atoms with Crippen LogP contribution in [0.3, 0.4) is 0 Å². The maximum absolute atomic E-state index is 13.4. The number of nitrogens with one attached hydrogen (secondary N) is 3. The number of aromatic nitrogens is 2.